The number of benzene rings is 1. The third kappa shape index (κ3) is 3.74. The molecular weight excluding hydrogens is 297 g/mol. The minimum absolute atomic E-state index is 0.00114. The quantitative estimate of drug-likeness (QED) is 0.837. The van der Waals surface area contributed by atoms with Crippen molar-refractivity contribution in [3.8, 4) is 0 Å². The molecule has 1 fully saturated rings. The van der Waals surface area contributed by atoms with Crippen LogP contribution in [0.3, 0.4) is 0 Å². The molecule has 0 saturated carbocycles. The molecule has 1 aromatic rings. The Hall–Kier alpha value is -1.60. The van der Waals surface area contributed by atoms with Gasteiger partial charge in [-0.25, -0.2) is 9.18 Å². The van der Waals surface area contributed by atoms with Gasteiger partial charge in [-0.15, -0.1) is 11.8 Å². The van der Waals surface area contributed by atoms with Gasteiger partial charge in [-0.2, -0.15) is 0 Å². The molecular formula is C14H16FNO4S. The Morgan fingerprint density at radius 3 is 2.81 bits per heavy atom. The van der Waals surface area contributed by atoms with E-state index in [9.17, 15) is 14.0 Å². The van der Waals surface area contributed by atoms with E-state index in [0.29, 0.717) is 4.90 Å². The van der Waals surface area contributed by atoms with Crippen LogP contribution in [-0.2, 0) is 14.3 Å². The summed E-state index contributed by atoms with van der Waals surface area (Å²) in [6, 6.07) is 5.30. The van der Waals surface area contributed by atoms with E-state index in [-0.39, 0.29) is 36.5 Å². The highest BCUT2D eigenvalue weighted by Crippen LogP contribution is 2.25. The summed E-state index contributed by atoms with van der Waals surface area (Å²) in [7, 11) is 1.49. The molecule has 7 heteroatoms. The lowest BCUT2D eigenvalue weighted by Gasteiger charge is -2.21. The number of halogens is 1. The summed E-state index contributed by atoms with van der Waals surface area (Å²) in [5, 5.41) is 9.16. The zero-order valence-corrected chi connectivity index (χ0v) is 12.3. The van der Waals surface area contributed by atoms with Gasteiger partial charge in [0.05, 0.1) is 11.9 Å². The van der Waals surface area contributed by atoms with Crippen LogP contribution in [0.5, 0.6) is 0 Å². The van der Waals surface area contributed by atoms with Crippen LogP contribution in [0.15, 0.2) is 29.2 Å². The molecule has 1 amide bonds. The second kappa shape index (κ2) is 6.91. The number of carboxylic acid groups (broad SMARTS) is 1. The number of thioether (sulfide) groups is 1. The fraction of sp³-hybridized carbons (Fsp3) is 0.429. The number of rotatable bonds is 5. The highest BCUT2D eigenvalue weighted by molar-refractivity contribution is 8.00. The average Bonchev–Trinajstić information content (AvgIpc) is 2.90. The van der Waals surface area contributed by atoms with E-state index in [2.05, 4.69) is 0 Å². The van der Waals surface area contributed by atoms with E-state index < -0.39 is 12.0 Å². The summed E-state index contributed by atoms with van der Waals surface area (Å²) in [6.45, 7) is 0.254. The predicted molar refractivity (Wildman–Crippen MR) is 75.7 cm³/mol. The van der Waals surface area contributed by atoms with E-state index >= 15 is 0 Å². The van der Waals surface area contributed by atoms with Gasteiger partial charge in [-0.1, -0.05) is 12.1 Å². The smallest absolute Gasteiger partial charge is 0.326 e. The molecule has 1 saturated heterocycles. The minimum Gasteiger partial charge on any atom is -0.480 e. The van der Waals surface area contributed by atoms with Gasteiger partial charge in [0.15, 0.2) is 0 Å². The van der Waals surface area contributed by atoms with Crippen molar-refractivity contribution in [1.82, 2.24) is 4.90 Å². The first kappa shape index (κ1) is 15.8. The topological polar surface area (TPSA) is 66.8 Å². The number of nitrogens with zero attached hydrogens (tertiary/aromatic N) is 1. The van der Waals surface area contributed by atoms with Crippen LogP contribution in [0, 0.1) is 5.82 Å². The molecule has 1 aliphatic heterocycles. The van der Waals surface area contributed by atoms with Gasteiger partial charge in [0, 0.05) is 25.0 Å². The molecule has 1 N–H and O–H groups in total. The van der Waals surface area contributed by atoms with E-state index in [0.717, 1.165) is 11.8 Å². The van der Waals surface area contributed by atoms with Crippen LogP contribution in [0.2, 0.25) is 0 Å². The zero-order valence-electron chi connectivity index (χ0n) is 11.5. The van der Waals surface area contributed by atoms with Gasteiger partial charge in [0.2, 0.25) is 5.91 Å². The molecule has 0 spiro atoms. The number of carbonyl (C=O) groups is 2. The summed E-state index contributed by atoms with van der Waals surface area (Å²) in [5.41, 5.74) is 0. The number of amides is 1. The van der Waals surface area contributed by atoms with Crippen molar-refractivity contribution in [2.24, 2.45) is 0 Å². The maximum absolute atomic E-state index is 13.5. The second-order valence-corrected chi connectivity index (χ2v) is 5.73. The molecule has 0 aliphatic carbocycles. The number of carbonyl (C=O) groups excluding carboxylic acids is 1. The highest BCUT2D eigenvalue weighted by atomic mass is 32.2. The van der Waals surface area contributed by atoms with Crippen LogP contribution in [0.4, 0.5) is 4.39 Å². The van der Waals surface area contributed by atoms with E-state index in [1.807, 2.05) is 0 Å². The van der Waals surface area contributed by atoms with Crippen LogP contribution in [0.1, 0.15) is 6.42 Å². The fourth-order valence-electron chi connectivity index (χ4n) is 2.26. The maximum atomic E-state index is 13.5. The molecule has 0 aromatic heterocycles. The van der Waals surface area contributed by atoms with Gasteiger partial charge in [-0.05, 0) is 12.1 Å². The first-order valence-electron chi connectivity index (χ1n) is 6.45. The van der Waals surface area contributed by atoms with Crippen molar-refractivity contribution < 1.29 is 23.8 Å². The Kier molecular flexibility index (Phi) is 5.19. The molecule has 5 nitrogen and oxygen atoms in total. The van der Waals surface area contributed by atoms with Gasteiger partial charge in [0.25, 0.3) is 0 Å². The lowest BCUT2D eigenvalue weighted by molar-refractivity contribution is -0.147. The van der Waals surface area contributed by atoms with Crippen LogP contribution < -0.4 is 0 Å². The lowest BCUT2D eigenvalue weighted by Crippen LogP contribution is -2.41. The summed E-state index contributed by atoms with van der Waals surface area (Å²) in [6.07, 6.45) is 0.00980. The molecule has 0 radical (unpaired) electrons. The summed E-state index contributed by atoms with van der Waals surface area (Å²) >= 11 is 1.06. The van der Waals surface area contributed by atoms with E-state index in [1.165, 1.54) is 18.1 Å². The summed E-state index contributed by atoms with van der Waals surface area (Å²) in [4.78, 5) is 25.0. The Bertz CT molecular complexity index is 539. The number of likely N-dealkylation sites (tertiary alicyclic amines) is 1. The van der Waals surface area contributed by atoms with Crippen molar-refractivity contribution in [3.05, 3.63) is 30.1 Å². The number of hydrogen-bond donors (Lipinski definition) is 1. The molecule has 1 aliphatic rings. The normalized spacial score (nSPS) is 21.5. The van der Waals surface area contributed by atoms with Crippen molar-refractivity contribution in [3.63, 3.8) is 0 Å². The second-order valence-electron chi connectivity index (χ2n) is 4.71. The lowest BCUT2D eigenvalue weighted by atomic mass is 10.2. The third-order valence-electron chi connectivity index (χ3n) is 3.39. The Balaban J connectivity index is 1.99. The van der Waals surface area contributed by atoms with Crippen LogP contribution in [0.25, 0.3) is 0 Å². The van der Waals surface area contributed by atoms with Crippen molar-refractivity contribution in [2.45, 2.75) is 23.5 Å². The summed E-state index contributed by atoms with van der Waals surface area (Å²) in [5.74, 6) is -1.75. The zero-order chi connectivity index (χ0) is 15.4. The molecule has 2 atom stereocenters. The maximum Gasteiger partial charge on any atom is 0.326 e. The molecule has 2 unspecified atom stereocenters. The predicted octanol–water partition coefficient (Wildman–Crippen LogP) is 1.62. The number of carboxylic acids is 1. The molecule has 1 aromatic carbocycles. The Morgan fingerprint density at radius 2 is 2.19 bits per heavy atom. The Labute approximate surface area is 126 Å². The molecule has 0 bridgehead atoms. The highest BCUT2D eigenvalue weighted by Gasteiger charge is 2.39. The van der Waals surface area contributed by atoms with Crippen molar-refractivity contribution in [2.75, 3.05) is 19.4 Å². The van der Waals surface area contributed by atoms with Crippen LogP contribution in [-0.4, -0.2) is 53.4 Å². The number of methoxy groups -OCH3 is 1. The molecule has 2 rings (SSSR count). The van der Waals surface area contributed by atoms with Crippen molar-refractivity contribution >= 4 is 23.6 Å². The standard InChI is InChI=1S/C14H16FNO4S/c1-20-9-6-11(14(18)19)16(7-9)13(17)8-21-12-5-3-2-4-10(12)15/h2-5,9,11H,6-8H2,1H3,(H,18,19). The number of aliphatic carboxylic acids is 1. The van der Waals surface area contributed by atoms with Gasteiger partial charge < -0.3 is 14.7 Å². The monoisotopic (exact) mass is 313 g/mol. The Morgan fingerprint density at radius 1 is 1.48 bits per heavy atom. The van der Waals surface area contributed by atoms with E-state index in [4.69, 9.17) is 9.84 Å². The average molecular weight is 313 g/mol. The van der Waals surface area contributed by atoms with Crippen molar-refractivity contribution in [1.29, 1.82) is 0 Å². The molecule has 114 valence electrons. The first-order valence-corrected chi connectivity index (χ1v) is 7.44. The third-order valence-corrected chi connectivity index (χ3v) is 4.42. The SMILES string of the molecule is COC1CC(C(=O)O)N(C(=O)CSc2ccccc2F)C1. The fourth-order valence-corrected chi connectivity index (χ4v) is 3.09. The van der Waals surface area contributed by atoms with Gasteiger partial charge in [0.1, 0.15) is 11.9 Å². The number of hydrogen-bond acceptors (Lipinski definition) is 4. The molecule has 1 heterocycles. The molecule has 21 heavy (non-hydrogen) atoms. The van der Waals surface area contributed by atoms with E-state index in [1.54, 1.807) is 18.2 Å². The first-order chi connectivity index (χ1) is 10.0. The minimum atomic E-state index is -1.04. The van der Waals surface area contributed by atoms with Gasteiger partial charge in [-0.3, -0.25) is 4.79 Å². The number of ether oxygens (including phenoxy) is 1. The largest absolute Gasteiger partial charge is 0.480 e. The van der Waals surface area contributed by atoms with Crippen LogP contribution >= 0.6 is 11.8 Å². The summed E-state index contributed by atoms with van der Waals surface area (Å²) < 4.78 is 18.6. The van der Waals surface area contributed by atoms with Gasteiger partial charge >= 0.3 is 5.97 Å².